The Morgan fingerprint density at radius 2 is 2.00 bits per heavy atom. The normalized spacial score (nSPS) is 10.7. The van der Waals surface area contributed by atoms with Crippen molar-refractivity contribution in [1.29, 1.82) is 0 Å². The van der Waals surface area contributed by atoms with Crippen molar-refractivity contribution in [2.45, 2.75) is 13.5 Å². The van der Waals surface area contributed by atoms with Crippen LogP contribution < -0.4 is 5.43 Å². The Balaban J connectivity index is 2.89. The molecule has 0 bridgehead atoms. The van der Waals surface area contributed by atoms with Gasteiger partial charge in [-0.15, -0.1) is 0 Å². The first-order chi connectivity index (χ1) is 9.86. The molecule has 2 aromatic rings. The highest BCUT2D eigenvalue weighted by Crippen LogP contribution is 2.30. The average molecular weight is 391 g/mol. The fourth-order valence-corrected chi connectivity index (χ4v) is 2.78. The molecule has 0 spiro atoms. The molecule has 0 saturated heterocycles. The SMILES string of the molecule is CCn1cc(Br)c(=O)c(C(=O)O)c1-c1ccc(Cl)c(Cl)c1. The molecule has 0 amide bonds. The predicted molar refractivity (Wildman–Crippen MR) is 86.5 cm³/mol. The van der Waals surface area contributed by atoms with Gasteiger partial charge in [0.2, 0.25) is 5.43 Å². The van der Waals surface area contributed by atoms with Gasteiger partial charge in [0.15, 0.2) is 0 Å². The molecule has 2 rings (SSSR count). The van der Waals surface area contributed by atoms with E-state index in [2.05, 4.69) is 15.9 Å². The van der Waals surface area contributed by atoms with E-state index >= 15 is 0 Å². The van der Waals surface area contributed by atoms with Crippen LogP contribution in [-0.2, 0) is 6.54 Å². The van der Waals surface area contributed by atoms with Gasteiger partial charge in [-0.25, -0.2) is 4.79 Å². The van der Waals surface area contributed by atoms with E-state index in [9.17, 15) is 14.7 Å². The van der Waals surface area contributed by atoms with Crippen LogP contribution in [-0.4, -0.2) is 15.6 Å². The van der Waals surface area contributed by atoms with Crippen LogP contribution in [0.25, 0.3) is 11.3 Å². The molecule has 0 unspecified atom stereocenters. The molecule has 0 saturated carbocycles. The third-order valence-electron chi connectivity index (χ3n) is 2.98. The van der Waals surface area contributed by atoms with E-state index in [4.69, 9.17) is 23.2 Å². The first-order valence-corrected chi connectivity index (χ1v) is 7.53. The molecule has 0 fully saturated rings. The lowest BCUT2D eigenvalue weighted by Crippen LogP contribution is -2.21. The number of halogens is 3. The first-order valence-electron chi connectivity index (χ1n) is 5.98. The number of aromatic carboxylic acids is 1. The monoisotopic (exact) mass is 389 g/mol. The van der Waals surface area contributed by atoms with Gasteiger partial charge < -0.3 is 9.67 Å². The first kappa shape index (κ1) is 16.1. The van der Waals surface area contributed by atoms with Crippen LogP contribution in [0.5, 0.6) is 0 Å². The number of carboxylic acids is 1. The van der Waals surface area contributed by atoms with Crippen LogP contribution >= 0.6 is 39.1 Å². The number of benzene rings is 1. The second kappa shape index (κ2) is 6.22. The summed E-state index contributed by atoms with van der Waals surface area (Å²) in [5, 5.41) is 10.0. The van der Waals surface area contributed by atoms with Gasteiger partial charge in [0.25, 0.3) is 0 Å². The summed E-state index contributed by atoms with van der Waals surface area (Å²) in [6.07, 6.45) is 1.56. The smallest absolute Gasteiger partial charge is 0.341 e. The van der Waals surface area contributed by atoms with Crippen molar-refractivity contribution in [2.24, 2.45) is 0 Å². The number of aromatic nitrogens is 1. The molecule has 1 aromatic carbocycles. The second-order valence-electron chi connectivity index (χ2n) is 4.25. The number of carbonyl (C=O) groups is 1. The summed E-state index contributed by atoms with van der Waals surface area (Å²) in [6.45, 7) is 2.35. The lowest BCUT2D eigenvalue weighted by molar-refractivity contribution is 0.0695. The second-order valence-corrected chi connectivity index (χ2v) is 5.92. The van der Waals surface area contributed by atoms with Gasteiger partial charge in [0, 0.05) is 18.3 Å². The van der Waals surface area contributed by atoms with Crippen LogP contribution in [0.3, 0.4) is 0 Å². The molecule has 0 aliphatic heterocycles. The lowest BCUT2D eigenvalue weighted by Gasteiger charge is -2.15. The molecule has 1 aromatic heterocycles. The maximum absolute atomic E-state index is 12.1. The number of carboxylic acid groups (broad SMARTS) is 1. The van der Waals surface area contributed by atoms with Crippen LogP contribution in [0, 0.1) is 0 Å². The minimum atomic E-state index is -1.29. The van der Waals surface area contributed by atoms with E-state index in [1.165, 1.54) is 0 Å². The number of hydrogen-bond acceptors (Lipinski definition) is 2. The zero-order chi connectivity index (χ0) is 15.7. The molecular weight excluding hydrogens is 381 g/mol. The van der Waals surface area contributed by atoms with E-state index in [0.29, 0.717) is 27.8 Å². The van der Waals surface area contributed by atoms with Gasteiger partial charge in [0.1, 0.15) is 5.56 Å². The minimum Gasteiger partial charge on any atom is -0.477 e. The molecular formula is C14H10BrCl2NO3. The largest absolute Gasteiger partial charge is 0.477 e. The molecule has 1 heterocycles. The number of rotatable bonds is 3. The Hall–Kier alpha value is -1.30. The van der Waals surface area contributed by atoms with Crippen molar-refractivity contribution in [3.8, 4) is 11.3 Å². The van der Waals surface area contributed by atoms with Crippen LogP contribution in [0.15, 0.2) is 33.7 Å². The standard InChI is InChI=1S/C14H10BrCl2NO3/c1-2-18-6-8(15)13(19)11(14(20)21)12(18)7-3-4-9(16)10(17)5-7/h3-6H,2H2,1H3,(H,20,21). The van der Waals surface area contributed by atoms with Crippen LogP contribution in [0.1, 0.15) is 17.3 Å². The molecule has 0 atom stereocenters. The Kier molecular flexibility index (Phi) is 4.76. The van der Waals surface area contributed by atoms with Crippen molar-refractivity contribution in [3.05, 3.63) is 54.7 Å². The zero-order valence-electron chi connectivity index (χ0n) is 10.9. The van der Waals surface area contributed by atoms with Gasteiger partial charge in [-0.1, -0.05) is 29.3 Å². The molecule has 0 radical (unpaired) electrons. The third-order valence-corrected chi connectivity index (χ3v) is 4.29. The predicted octanol–water partition coefficient (Wildman–Crippen LogP) is 4.30. The molecule has 7 heteroatoms. The number of aryl methyl sites for hydroxylation is 1. The lowest BCUT2D eigenvalue weighted by atomic mass is 10.0. The van der Waals surface area contributed by atoms with E-state index in [0.717, 1.165) is 0 Å². The van der Waals surface area contributed by atoms with Crippen molar-refractivity contribution in [1.82, 2.24) is 4.57 Å². The Bertz CT molecular complexity index is 787. The summed E-state index contributed by atoms with van der Waals surface area (Å²) < 4.78 is 1.87. The van der Waals surface area contributed by atoms with Gasteiger partial charge in [-0.3, -0.25) is 4.79 Å². The molecule has 21 heavy (non-hydrogen) atoms. The number of hydrogen-bond donors (Lipinski definition) is 1. The van der Waals surface area contributed by atoms with E-state index in [-0.39, 0.29) is 10.0 Å². The highest BCUT2D eigenvalue weighted by molar-refractivity contribution is 9.10. The molecule has 0 aliphatic carbocycles. The average Bonchev–Trinajstić information content (AvgIpc) is 2.43. The maximum atomic E-state index is 12.1. The van der Waals surface area contributed by atoms with E-state index in [1.807, 2.05) is 6.92 Å². The van der Waals surface area contributed by atoms with Gasteiger partial charge in [-0.05, 0) is 35.0 Å². The Morgan fingerprint density at radius 1 is 1.33 bits per heavy atom. The Morgan fingerprint density at radius 3 is 2.52 bits per heavy atom. The quantitative estimate of drug-likeness (QED) is 0.849. The van der Waals surface area contributed by atoms with Crippen LogP contribution in [0.4, 0.5) is 0 Å². The van der Waals surface area contributed by atoms with Crippen LogP contribution in [0.2, 0.25) is 10.0 Å². The minimum absolute atomic E-state index is 0.200. The highest BCUT2D eigenvalue weighted by Gasteiger charge is 2.21. The molecule has 110 valence electrons. The molecule has 0 aliphatic rings. The van der Waals surface area contributed by atoms with Crippen molar-refractivity contribution in [2.75, 3.05) is 0 Å². The van der Waals surface area contributed by atoms with Crippen molar-refractivity contribution >= 4 is 45.1 Å². The maximum Gasteiger partial charge on any atom is 0.341 e. The van der Waals surface area contributed by atoms with Crippen molar-refractivity contribution in [3.63, 3.8) is 0 Å². The summed E-state index contributed by atoms with van der Waals surface area (Å²) in [5.74, 6) is -1.29. The fraction of sp³-hybridized carbons (Fsp3) is 0.143. The highest BCUT2D eigenvalue weighted by atomic mass is 79.9. The van der Waals surface area contributed by atoms with Gasteiger partial charge >= 0.3 is 5.97 Å². The topological polar surface area (TPSA) is 59.3 Å². The van der Waals surface area contributed by atoms with Crippen molar-refractivity contribution < 1.29 is 9.90 Å². The summed E-state index contributed by atoms with van der Waals surface area (Å²) in [6, 6.07) is 4.75. The summed E-state index contributed by atoms with van der Waals surface area (Å²) in [7, 11) is 0. The van der Waals surface area contributed by atoms with E-state index < -0.39 is 11.4 Å². The van der Waals surface area contributed by atoms with Gasteiger partial charge in [-0.2, -0.15) is 0 Å². The zero-order valence-corrected chi connectivity index (χ0v) is 14.0. The summed E-state index contributed by atoms with van der Waals surface area (Å²) in [4.78, 5) is 23.6. The molecule has 4 nitrogen and oxygen atoms in total. The summed E-state index contributed by atoms with van der Waals surface area (Å²) in [5.41, 5.74) is -0.0529. The number of pyridine rings is 1. The fourth-order valence-electron chi connectivity index (χ4n) is 2.03. The number of nitrogens with zero attached hydrogens (tertiary/aromatic N) is 1. The van der Waals surface area contributed by atoms with Gasteiger partial charge in [0.05, 0.1) is 20.2 Å². The molecule has 1 N–H and O–H groups in total. The third kappa shape index (κ3) is 3.00. The Labute approximate surface area is 139 Å². The van der Waals surface area contributed by atoms with E-state index in [1.54, 1.807) is 29.0 Å². The summed E-state index contributed by atoms with van der Waals surface area (Å²) >= 11 is 15.0.